The summed E-state index contributed by atoms with van der Waals surface area (Å²) in [6.07, 6.45) is 0. The molecular formula is C12H14N2OS. The molecule has 0 unspecified atom stereocenters. The van der Waals surface area contributed by atoms with Crippen molar-refractivity contribution in [2.45, 2.75) is 19.6 Å². The number of ether oxygens (including phenoxy) is 1. The Morgan fingerprint density at radius 1 is 1.38 bits per heavy atom. The van der Waals surface area contributed by atoms with E-state index >= 15 is 0 Å². The number of nitrogens with two attached hydrogens (primary N) is 1. The fourth-order valence-electron chi connectivity index (χ4n) is 1.33. The van der Waals surface area contributed by atoms with Gasteiger partial charge in [-0.3, -0.25) is 0 Å². The molecule has 0 spiro atoms. The number of rotatable bonds is 4. The van der Waals surface area contributed by atoms with Gasteiger partial charge in [0, 0.05) is 11.4 Å². The Morgan fingerprint density at radius 3 is 2.69 bits per heavy atom. The largest absolute Gasteiger partial charge is 0.487 e. The molecule has 16 heavy (non-hydrogen) atoms. The Kier molecular flexibility index (Phi) is 3.54. The average Bonchev–Trinajstić information content (AvgIpc) is 2.80. The second-order valence-corrected chi connectivity index (χ2v) is 4.34. The van der Waals surface area contributed by atoms with Crippen molar-refractivity contribution < 1.29 is 4.74 Å². The highest BCUT2D eigenvalue weighted by Crippen LogP contribution is 2.17. The van der Waals surface area contributed by atoms with Crippen LogP contribution in [0.25, 0.3) is 0 Å². The lowest BCUT2D eigenvalue weighted by molar-refractivity contribution is 0.302. The number of nitrogens with zero attached hydrogens (tertiary/aromatic N) is 1. The molecule has 0 saturated heterocycles. The summed E-state index contributed by atoms with van der Waals surface area (Å²) in [6.45, 7) is 2.48. The van der Waals surface area contributed by atoms with E-state index in [2.05, 4.69) is 4.98 Å². The van der Waals surface area contributed by atoms with Crippen molar-refractivity contribution in [2.75, 3.05) is 0 Å². The van der Waals surface area contributed by atoms with Crippen LogP contribution in [0.3, 0.4) is 0 Å². The van der Waals surface area contributed by atoms with Gasteiger partial charge in [-0.05, 0) is 24.6 Å². The third-order valence-corrected chi connectivity index (χ3v) is 2.91. The minimum atomic E-state index is 0.0626. The van der Waals surface area contributed by atoms with Gasteiger partial charge in [-0.25, -0.2) is 4.98 Å². The minimum absolute atomic E-state index is 0.0626. The first-order valence-corrected chi connectivity index (χ1v) is 6.05. The predicted octanol–water partition coefficient (Wildman–Crippen LogP) is 2.74. The Balaban J connectivity index is 1.95. The molecule has 1 aromatic heterocycles. The lowest BCUT2D eigenvalue weighted by Gasteiger charge is -2.07. The normalized spacial score (nSPS) is 12.4. The maximum absolute atomic E-state index is 5.77. The van der Waals surface area contributed by atoms with Crippen molar-refractivity contribution in [3.8, 4) is 5.75 Å². The quantitative estimate of drug-likeness (QED) is 0.884. The predicted molar refractivity (Wildman–Crippen MR) is 65.5 cm³/mol. The molecule has 4 heteroatoms. The fourth-order valence-corrected chi connectivity index (χ4v) is 1.88. The zero-order valence-corrected chi connectivity index (χ0v) is 9.91. The molecule has 0 aliphatic carbocycles. The van der Waals surface area contributed by atoms with Gasteiger partial charge in [0.05, 0.1) is 11.2 Å². The van der Waals surface area contributed by atoms with E-state index in [0.717, 1.165) is 17.0 Å². The molecule has 1 aromatic carbocycles. The van der Waals surface area contributed by atoms with Crippen molar-refractivity contribution in [1.29, 1.82) is 0 Å². The zero-order valence-electron chi connectivity index (χ0n) is 9.09. The summed E-state index contributed by atoms with van der Waals surface area (Å²) in [5.74, 6) is 0.845. The summed E-state index contributed by atoms with van der Waals surface area (Å²) in [5, 5.41) is 1.98. The van der Waals surface area contributed by atoms with Crippen LogP contribution < -0.4 is 10.5 Å². The number of benzene rings is 1. The van der Waals surface area contributed by atoms with Crippen molar-refractivity contribution in [3.05, 3.63) is 46.4 Å². The number of thiazole rings is 1. The Labute approximate surface area is 98.9 Å². The van der Waals surface area contributed by atoms with Crippen molar-refractivity contribution in [2.24, 2.45) is 5.73 Å². The summed E-state index contributed by atoms with van der Waals surface area (Å²) in [6, 6.07) is 7.91. The van der Waals surface area contributed by atoms with Gasteiger partial charge in [-0.2, -0.15) is 0 Å². The lowest BCUT2D eigenvalue weighted by Crippen LogP contribution is -2.04. The molecule has 1 atom stereocenters. The average molecular weight is 234 g/mol. The minimum Gasteiger partial charge on any atom is -0.487 e. The van der Waals surface area contributed by atoms with Crippen LogP contribution in [-0.2, 0) is 6.61 Å². The highest BCUT2D eigenvalue weighted by Gasteiger charge is 2.00. The monoisotopic (exact) mass is 234 g/mol. The second kappa shape index (κ2) is 5.09. The van der Waals surface area contributed by atoms with Crippen LogP contribution in [0.1, 0.15) is 24.2 Å². The van der Waals surface area contributed by atoms with Crippen LogP contribution in [0, 0.1) is 0 Å². The number of hydrogen-bond donors (Lipinski definition) is 1. The van der Waals surface area contributed by atoms with Crippen LogP contribution >= 0.6 is 11.3 Å². The van der Waals surface area contributed by atoms with Crippen LogP contribution in [0.5, 0.6) is 5.75 Å². The van der Waals surface area contributed by atoms with Gasteiger partial charge in [0.1, 0.15) is 12.4 Å². The highest BCUT2D eigenvalue weighted by atomic mass is 32.1. The number of hydrogen-bond acceptors (Lipinski definition) is 4. The van der Waals surface area contributed by atoms with Gasteiger partial charge in [-0.1, -0.05) is 12.1 Å². The highest BCUT2D eigenvalue weighted by molar-refractivity contribution is 7.07. The first kappa shape index (κ1) is 11.1. The number of aromatic nitrogens is 1. The van der Waals surface area contributed by atoms with Gasteiger partial charge in [-0.15, -0.1) is 11.3 Å². The molecule has 2 rings (SSSR count). The molecule has 2 N–H and O–H groups in total. The smallest absolute Gasteiger partial charge is 0.131 e. The van der Waals surface area contributed by atoms with Gasteiger partial charge in [0.15, 0.2) is 0 Å². The maximum atomic E-state index is 5.77. The summed E-state index contributed by atoms with van der Waals surface area (Å²) in [4.78, 5) is 4.15. The Bertz CT molecular complexity index is 423. The van der Waals surface area contributed by atoms with Gasteiger partial charge in [0.25, 0.3) is 0 Å². The zero-order chi connectivity index (χ0) is 11.4. The molecule has 0 bridgehead atoms. The van der Waals surface area contributed by atoms with Crippen LogP contribution in [0.2, 0.25) is 0 Å². The van der Waals surface area contributed by atoms with E-state index in [1.165, 1.54) is 0 Å². The second-order valence-electron chi connectivity index (χ2n) is 3.63. The fraction of sp³-hybridized carbons (Fsp3) is 0.250. The Hall–Kier alpha value is -1.39. The summed E-state index contributed by atoms with van der Waals surface area (Å²) in [5.41, 5.74) is 9.64. The maximum Gasteiger partial charge on any atom is 0.131 e. The summed E-state index contributed by atoms with van der Waals surface area (Å²) < 4.78 is 5.59. The van der Waals surface area contributed by atoms with Gasteiger partial charge in [0.2, 0.25) is 0 Å². The van der Waals surface area contributed by atoms with Crippen molar-refractivity contribution in [1.82, 2.24) is 4.98 Å². The van der Waals surface area contributed by atoms with Crippen LogP contribution in [0.15, 0.2) is 35.2 Å². The Morgan fingerprint density at radius 2 is 2.12 bits per heavy atom. The lowest BCUT2D eigenvalue weighted by atomic mass is 10.1. The van der Waals surface area contributed by atoms with E-state index in [0.29, 0.717) is 6.61 Å². The molecule has 1 heterocycles. The molecule has 2 aromatic rings. The third kappa shape index (κ3) is 2.81. The molecule has 0 amide bonds. The van der Waals surface area contributed by atoms with E-state index < -0.39 is 0 Å². The standard InChI is InChI=1S/C12H14N2OS/c1-9(13)10-2-4-12(5-3-10)15-6-11-7-16-8-14-11/h2-5,7-9H,6,13H2,1H3/t9-/m1/s1. The molecule has 0 aliphatic heterocycles. The van der Waals surface area contributed by atoms with E-state index in [4.69, 9.17) is 10.5 Å². The first-order chi connectivity index (χ1) is 7.75. The first-order valence-electron chi connectivity index (χ1n) is 5.11. The van der Waals surface area contributed by atoms with Crippen molar-refractivity contribution in [3.63, 3.8) is 0 Å². The summed E-state index contributed by atoms with van der Waals surface area (Å²) in [7, 11) is 0. The van der Waals surface area contributed by atoms with Gasteiger partial charge < -0.3 is 10.5 Å². The molecule has 84 valence electrons. The van der Waals surface area contributed by atoms with Gasteiger partial charge >= 0.3 is 0 Å². The summed E-state index contributed by atoms with van der Waals surface area (Å²) >= 11 is 1.57. The van der Waals surface area contributed by atoms with E-state index in [1.54, 1.807) is 16.8 Å². The topological polar surface area (TPSA) is 48.1 Å². The molecule has 0 saturated carbocycles. The molecule has 0 radical (unpaired) electrons. The van der Waals surface area contributed by atoms with E-state index in [1.807, 2.05) is 36.6 Å². The van der Waals surface area contributed by atoms with Crippen LogP contribution in [-0.4, -0.2) is 4.98 Å². The molecule has 0 aliphatic rings. The van der Waals surface area contributed by atoms with Crippen molar-refractivity contribution >= 4 is 11.3 Å². The molecular weight excluding hydrogens is 220 g/mol. The van der Waals surface area contributed by atoms with E-state index in [-0.39, 0.29) is 6.04 Å². The molecule has 0 fully saturated rings. The molecule has 3 nitrogen and oxygen atoms in total. The third-order valence-electron chi connectivity index (χ3n) is 2.28. The SMILES string of the molecule is C[C@@H](N)c1ccc(OCc2cscn2)cc1. The van der Waals surface area contributed by atoms with Crippen LogP contribution in [0.4, 0.5) is 0 Å². The van der Waals surface area contributed by atoms with E-state index in [9.17, 15) is 0 Å².